The maximum absolute atomic E-state index is 11.1. The van der Waals surface area contributed by atoms with Crippen molar-refractivity contribution in [2.45, 2.75) is 19.8 Å². The molecule has 0 unspecified atom stereocenters. The molecule has 3 aromatic rings. The summed E-state index contributed by atoms with van der Waals surface area (Å²) in [5.74, 6) is 0.802. The molecular weight excluding hydrogens is 310 g/mol. The van der Waals surface area contributed by atoms with Crippen LogP contribution in [0.4, 0.5) is 5.82 Å². The number of piperidine rings is 1. The van der Waals surface area contributed by atoms with Gasteiger partial charge in [-0.15, -0.1) is 11.3 Å². The van der Waals surface area contributed by atoms with Gasteiger partial charge in [0.2, 0.25) is 0 Å². The molecule has 1 fully saturated rings. The molecule has 6 heteroatoms. The molecule has 0 radical (unpaired) electrons. The van der Waals surface area contributed by atoms with Gasteiger partial charge in [0.1, 0.15) is 11.6 Å². The quantitative estimate of drug-likeness (QED) is 0.781. The second-order valence-corrected chi connectivity index (χ2v) is 7.02. The highest BCUT2D eigenvalue weighted by atomic mass is 32.1. The van der Waals surface area contributed by atoms with Gasteiger partial charge < -0.3 is 10.0 Å². The van der Waals surface area contributed by atoms with Gasteiger partial charge in [-0.3, -0.25) is 4.79 Å². The Morgan fingerprint density at radius 2 is 2.00 bits per heavy atom. The average molecular weight is 327 g/mol. The first-order valence-corrected chi connectivity index (χ1v) is 8.59. The Kier molecular flexibility index (Phi) is 3.41. The number of rotatable bonds is 2. The van der Waals surface area contributed by atoms with Crippen LogP contribution in [-0.2, 0) is 4.79 Å². The van der Waals surface area contributed by atoms with Crippen LogP contribution < -0.4 is 4.90 Å². The Balaban J connectivity index is 1.79. The minimum absolute atomic E-state index is 0.230. The van der Waals surface area contributed by atoms with Gasteiger partial charge in [-0.2, -0.15) is 0 Å². The zero-order valence-electron chi connectivity index (χ0n) is 12.8. The zero-order valence-corrected chi connectivity index (χ0v) is 13.6. The molecule has 5 nitrogen and oxygen atoms in total. The highest BCUT2D eigenvalue weighted by Crippen LogP contribution is 2.38. The van der Waals surface area contributed by atoms with E-state index in [0.29, 0.717) is 12.8 Å². The van der Waals surface area contributed by atoms with Crippen LogP contribution in [0.1, 0.15) is 18.7 Å². The maximum Gasteiger partial charge on any atom is 0.306 e. The van der Waals surface area contributed by atoms with Crippen molar-refractivity contribution in [3.63, 3.8) is 0 Å². The molecule has 3 heterocycles. The Morgan fingerprint density at radius 1 is 1.26 bits per heavy atom. The summed E-state index contributed by atoms with van der Waals surface area (Å²) in [6.07, 6.45) is 1.34. The number of carbonyl (C=O) groups is 1. The molecule has 0 amide bonds. The number of aromatic nitrogens is 2. The molecule has 1 aliphatic rings. The molecule has 4 rings (SSSR count). The van der Waals surface area contributed by atoms with Crippen molar-refractivity contribution in [2.75, 3.05) is 18.0 Å². The lowest BCUT2D eigenvalue weighted by atomic mass is 9.97. The smallest absolute Gasteiger partial charge is 0.306 e. The van der Waals surface area contributed by atoms with Crippen molar-refractivity contribution in [1.29, 1.82) is 0 Å². The van der Waals surface area contributed by atoms with Crippen LogP contribution in [0.25, 0.3) is 20.3 Å². The lowest BCUT2D eigenvalue weighted by Gasteiger charge is -2.31. The van der Waals surface area contributed by atoms with E-state index in [4.69, 9.17) is 5.11 Å². The summed E-state index contributed by atoms with van der Waals surface area (Å²) in [5, 5.41) is 10.3. The molecule has 23 heavy (non-hydrogen) atoms. The predicted octanol–water partition coefficient (Wildman–Crippen LogP) is 3.45. The first-order valence-electron chi connectivity index (χ1n) is 7.77. The summed E-state index contributed by atoms with van der Waals surface area (Å²) in [6, 6.07) is 8.28. The normalized spacial score (nSPS) is 16.3. The number of fused-ring (bicyclic) bond motifs is 3. The van der Waals surface area contributed by atoms with Crippen molar-refractivity contribution >= 4 is 43.4 Å². The molecule has 0 aliphatic carbocycles. The van der Waals surface area contributed by atoms with Crippen molar-refractivity contribution in [2.24, 2.45) is 5.92 Å². The topological polar surface area (TPSA) is 66.3 Å². The molecular formula is C17H17N3O2S. The Bertz CT molecular complexity index is 897. The van der Waals surface area contributed by atoms with Crippen LogP contribution in [0.3, 0.4) is 0 Å². The van der Waals surface area contributed by atoms with Crippen LogP contribution in [0.2, 0.25) is 0 Å². The number of carboxylic acids is 1. The van der Waals surface area contributed by atoms with Crippen molar-refractivity contribution < 1.29 is 9.90 Å². The van der Waals surface area contributed by atoms with Gasteiger partial charge in [0.25, 0.3) is 0 Å². The van der Waals surface area contributed by atoms with Gasteiger partial charge in [-0.05, 0) is 25.8 Å². The average Bonchev–Trinajstić information content (AvgIpc) is 2.93. The van der Waals surface area contributed by atoms with Gasteiger partial charge >= 0.3 is 5.97 Å². The van der Waals surface area contributed by atoms with Gasteiger partial charge in [-0.1, -0.05) is 18.2 Å². The third-order valence-electron chi connectivity index (χ3n) is 4.46. The summed E-state index contributed by atoms with van der Waals surface area (Å²) in [6.45, 7) is 3.38. The SMILES string of the molecule is Cc1nc(N2CCC(C(=O)O)CC2)c2sc3ccccc3c2n1. The number of aryl methyl sites for hydroxylation is 1. The summed E-state index contributed by atoms with van der Waals surface area (Å²) in [4.78, 5) is 22.7. The molecule has 1 N–H and O–H groups in total. The molecule has 0 bridgehead atoms. The molecule has 0 atom stereocenters. The van der Waals surface area contributed by atoms with Gasteiger partial charge in [0.05, 0.1) is 16.1 Å². The van der Waals surface area contributed by atoms with E-state index in [0.717, 1.165) is 34.9 Å². The van der Waals surface area contributed by atoms with Crippen LogP contribution in [0.5, 0.6) is 0 Å². The van der Waals surface area contributed by atoms with E-state index >= 15 is 0 Å². The minimum atomic E-state index is -0.685. The van der Waals surface area contributed by atoms with Gasteiger partial charge in [0, 0.05) is 23.2 Å². The number of benzene rings is 1. The van der Waals surface area contributed by atoms with Crippen molar-refractivity contribution in [3.05, 3.63) is 30.1 Å². The Labute approximate surface area is 137 Å². The lowest BCUT2D eigenvalue weighted by molar-refractivity contribution is -0.142. The van der Waals surface area contributed by atoms with Crippen LogP contribution >= 0.6 is 11.3 Å². The van der Waals surface area contributed by atoms with E-state index in [1.165, 1.54) is 10.1 Å². The number of anilines is 1. The van der Waals surface area contributed by atoms with E-state index < -0.39 is 5.97 Å². The van der Waals surface area contributed by atoms with Gasteiger partial charge in [0.15, 0.2) is 0 Å². The second-order valence-electron chi connectivity index (χ2n) is 5.97. The predicted molar refractivity (Wildman–Crippen MR) is 92.2 cm³/mol. The number of hydrogen-bond donors (Lipinski definition) is 1. The Hall–Kier alpha value is -2.21. The summed E-state index contributed by atoms with van der Waals surface area (Å²) >= 11 is 1.71. The fourth-order valence-corrected chi connectivity index (χ4v) is 4.40. The highest BCUT2D eigenvalue weighted by molar-refractivity contribution is 7.26. The Morgan fingerprint density at radius 3 is 2.74 bits per heavy atom. The summed E-state index contributed by atoms with van der Waals surface area (Å²) < 4.78 is 2.31. The largest absolute Gasteiger partial charge is 0.481 e. The number of hydrogen-bond acceptors (Lipinski definition) is 5. The highest BCUT2D eigenvalue weighted by Gasteiger charge is 2.27. The third-order valence-corrected chi connectivity index (χ3v) is 5.61. The molecule has 2 aromatic heterocycles. The van der Waals surface area contributed by atoms with E-state index in [1.54, 1.807) is 11.3 Å². The molecule has 0 saturated carbocycles. The second kappa shape index (κ2) is 5.45. The lowest BCUT2D eigenvalue weighted by Crippen LogP contribution is -2.36. The van der Waals surface area contributed by atoms with E-state index in [9.17, 15) is 4.79 Å². The molecule has 1 aliphatic heterocycles. The maximum atomic E-state index is 11.1. The molecule has 0 spiro atoms. The fraction of sp³-hybridized carbons (Fsp3) is 0.353. The standard InChI is InChI=1S/C17H17N3O2S/c1-10-18-14-12-4-2-3-5-13(12)23-15(14)16(19-10)20-8-6-11(7-9-20)17(21)22/h2-5,11H,6-9H2,1H3,(H,21,22). The third kappa shape index (κ3) is 2.43. The van der Waals surface area contributed by atoms with E-state index in [2.05, 4.69) is 27.0 Å². The number of thiophene rings is 1. The van der Waals surface area contributed by atoms with E-state index in [1.807, 2.05) is 19.1 Å². The number of nitrogens with zero attached hydrogens (tertiary/aromatic N) is 3. The first-order chi connectivity index (χ1) is 11.1. The monoisotopic (exact) mass is 327 g/mol. The van der Waals surface area contributed by atoms with Crippen molar-refractivity contribution in [1.82, 2.24) is 9.97 Å². The van der Waals surface area contributed by atoms with Gasteiger partial charge in [-0.25, -0.2) is 9.97 Å². The summed E-state index contributed by atoms with van der Waals surface area (Å²) in [5.41, 5.74) is 1.01. The number of carboxylic acid groups (broad SMARTS) is 1. The summed E-state index contributed by atoms with van der Waals surface area (Å²) in [7, 11) is 0. The number of aliphatic carboxylic acids is 1. The van der Waals surface area contributed by atoms with E-state index in [-0.39, 0.29) is 5.92 Å². The minimum Gasteiger partial charge on any atom is -0.481 e. The fourth-order valence-electron chi connectivity index (χ4n) is 3.24. The molecule has 118 valence electrons. The van der Waals surface area contributed by atoms with Crippen LogP contribution in [0.15, 0.2) is 24.3 Å². The molecule has 1 saturated heterocycles. The zero-order chi connectivity index (χ0) is 16.0. The van der Waals surface area contributed by atoms with Crippen LogP contribution in [0, 0.1) is 12.8 Å². The molecule has 1 aromatic carbocycles. The van der Waals surface area contributed by atoms with Crippen molar-refractivity contribution in [3.8, 4) is 0 Å². The first kappa shape index (κ1) is 14.4. The van der Waals surface area contributed by atoms with Crippen LogP contribution in [-0.4, -0.2) is 34.1 Å².